The number of nitrogen functional groups attached to an aromatic ring is 1. The molecular weight excluding hydrogens is 448 g/mol. The number of rotatable bonds is 4. The predicted octanol–water partition coefficient (Wildman–Crippen LogP) is 1.71. The maximum atomic E-state index is 12.9. The molecule has 11 heteroatoms. The maximum absolute atomic E-state index is 12.9. The third-order valence-electron chi connectivity index (χ3n) is 6.41. The van der Waals surface area contributed by atoms with E-state index in [4.69, 9.17) is 20.4 Å². The van der Waals surface area contributed by atoms with E-state index in [0.29, 0.717) is 79.0 Å². The number of carbonyl (C=O) groups excluding carboxylic acids is 1. The highest BCUT2D eigenvalue weighted by molar-refractivity contribution is 5.99. The molecule has 2 aromatic carbocycles. The molecule has 11 nitrogen and oxygen atoms in total. The highest BCUT2D eigenvalue weighted by atomic mass is 16.5. The zero-order valence-corrected chi connectivity index (χ0v) is 18.9. The molecule has 4 heterocycles. The van der Waals surface area contributed by atoms with Crippen molar-refractivity contribution < 1.29 is 14.6 Å². The molecule has 0 atom stereocenters. The van der Waals surface area contributed by atoms with E-state index in [0.717, 1.165) is 0 Å². The van der Waals surface area contributed by atoms with Gasteiger partial charge >= 0.3 is 0 Å². The van der Waals surface area contributed by atoms with E-state index in [1.807, 2.05) is 12.1 Å². The number of anilines is 2. The molecule has 2 aliphatic heterocycles. The van der Waals surface area contributed by atoms with Crippen LogP contribution in [-0.2, 0) is 4.74 Å². The van der Waals surface area contributed by atoms with Crippen molar-refractivity contribution in [2.24, 2.45) is 0 Å². The summed E-state index contributed by atoms with van der Waals surface area (Å²) in [4.78, 5) is 26.3. The number of hydrogen-bond donors (Lipinski definition) is 2. The van der Waals surface area contributed by atoms with Gasteiger partial charge in [0.15, 0.2) is 22.8 Å². The van der Waals surface area contributed by atoms with Crippen molar-refractivity contribution in [1.29, 1.82) is 0 Å². The number of hydrogen-bond acceptors (Lipinski definition) is 9. The molecule has 4 aromatic rings. The summed E-state index contributed by atoms with van der Waals surface area (Å²) in [6, 6.07) is 13.9. The molecule has 178 valence electrons. The van der Waals surface area contributed by atoms with Crippen molar-refractivity contribution in [3.05, 3.63) is 54.1 Å². The van der Waals surface area contributed by atoms with Crippen LogP contribution in [0.3, 0.4) is 0 Å². The van der Waals surface area contributed by atoms with Crippen LogP contribution in [0.4, 0.5) is 11.5 Å². The fourth-order valence-corrected chi connectivity index (χ4v) is 4.47. The van der Waals surface area contributed by atoms with Gasteiger partial charge in [-0.25, -0.2) is 14.6 Å². The SMILES string of the molecule is Nc1ccccc1C(=O)N1CC(n2nnc3c(N4CCOCC4)nc(-c4cccc(O)c4)nc32)C1. The minimum atomic E-state index is -0.104. The molecule has 0 unspecified atom stereocenters. The van der Waals surface area contributed by atoms with Crippen molar-refractivity contribution in [3.63, 3.8) is 0 Å². The predicted molar refractivity (Wildman–Crippen MR) is 129 cm³/mol. The molecule has 0 saturated carbocycles. The van der Waals surface area contributed by atoms with Gasteiger partial charge in [-0.2, -0.15) is 0 Å². The number of aromatic hydroxyl groups is 1. The van der Waals surface area contributed by atoms with E-state index in [9.17, 15) is 9.90 Å². The minimum absolute atomic E-state index is 0.0710. The molecule has 0 aliphatic carbocycles. The molecule has 6 rings (SSSR count). The third kappa shape index (κ3) is 3.79. The molecule has 2 aromatic heterocycles. The summed E-state index contributed by atoms with van der Waals surface area (Å²) in [5, 5.41) is 18.8. The van der Waals surface area contributed by atoms with Gasteiger partial charge in [0.2, 0.25) is 0 Å². The summed E-state index contributed by atoms with van der Waals surface area (Å²) < 4.78 is 7.28. The molecular formula is C24H24N8O3. The van der Waals surface area contributed by atoms with Crippen LogP contribution < -0.4 is 10.6 Å². The standard InChI is InChI=1S/C24H24N8O3/c25-19-7-2-1-6-18(19)24(34)31-13-16(14-31)32-23-20(28-29-32)22(30-8-10-35-11-9-30)26-21(27-23)15-4-3-5-17(33)12-15/h1-7,12,16,33H,8-11,13-14,25H2. The number of carbonyl (C=O) groups is 1. The summed E-state index contributed by atoms with van der Waals surface area (Å²) in [7, 11) is 0. The highest BCUT2D eigenvalue weighted by Gasteiger charge is 2.36. The van der Waals surface area contributed by atoms with Crippen molar-refractivity contribution in [3.8, 4) is 17.1 Å². The van der Waals surface area contributed by atoms with Crippen LogP contribution in [0, 0.1) is 0 Å². The number of nitrogens with two attached hydrogens (primary N) is 1. The second-order valence-corrected chi connectivity index (χ2v) is 8.68. The normalized spacial score (nSPS) is 16.5. The first-order chi connectivity index (χ1) is 17.1. The van der Waals surface area contributed by atoms with Gasteiger partial charge in [0.25, 0.3) is 5.91 Å². The number of amides is 1. The Morgan fingerprint density at radius 3 is 2.63 bits per heavy atom. The number of aromatic nitrogens is 5. The van der Waals surface area contributed by atoms with Crippen LogP contribution >= 0.6 is 0 Å². The van der Waals surface area contributed by atoms with Crippen molar-refractivity contribution >= 4 is 28.6 Å². The number of phenolic OH excluding ortho intramolecular Hbond substituents is 1. The molecule has 3 N–H and O–H groups in total. The topological polar surface area (TPSA) is 136 Å². The maximum Gasteiger partial charge on any atom is 0.256 e. The summed E-state index contributed by atoms with van der Waals surface area (Å²) >= 11 is 0. The van der Waals surface area contributed by atoms with Crippen molar-refractivity contribution in [1.82, 2.24) is 29.9 Å². The lowest BCUT2D eigenvalue weighted by Gasteiger charge is -2.39. The average Bonchev–Trinajstić information content (AvgIpc) is 3.27. The van der Waals surface area contributed by atoms with Gasteiger partial charge in [0, 0.05) is 37.4 Å². The van der Waals surface area contributed by atoms with E-state index >= 15 is 0 Å². The lowest BCUT2D eigenvalue weighted by Crippen LogP contribution is -2.51. The van der Waals surface area contributed by atoms with Gasteiger partial charge in [-0.1, -0.05) is 29.5 Å². The van der Waals surface area contributed by atoms with Gasteiger partial charge in [0.05, 0.1) is 24.8 Å². The summed E-state index contributed by atoms with van der Waals surface area (Å²) in [6.45, 7) is 3.52. The first-order valence-corrected chi connectivity index (χ1v) is 11.5. The van der Waals surface area contributed by atoms with Crippen molar-refractivity contribution in [2.45, 2.75) is 6.04 Å². The number of morpholine rings is 1. The van der Waals surface area contributed by atoms with Crippen LogP contribution in [0.15, 0.2) is 48.5 Å². The van der Waals surface area contributed by atoms with Gasteiger partial charge < -0.3 is 25.4 Å². The second-order valence-electron chi connectivity index (χ2n) is 8.68. The molecule has 0 radical (unpaired) electrons. The molecule has 35 heavy (non-hydrogen) atoms. The van der Waals surface area contributed by atoms with Gasteiger partial charge in [0.1, 0.15) is 5.75 Å². The quantitative estimate of drug-likeness (QED) is 0.425. The summed E-state index contributed by atoms with van der Waals surface area (Å²) in [5.74, 6) is 1.20. The van der Waals surface area contributed by atoms with Gasteiger partial charge in [-0.05, 0) is 24.3 Å². The number of ether oxygens (including phenoxy) is 1. The fourth-order valence-electron chi connectivity index (χ4n) is 4.47. The van der Waals surface area contributed by atoms with E-state index in [-0.39, 0.29) is 17.7 Å². The van der Waals surface area contributed by atoms with Crippen LogP contribution in [0.5, 0.6) is 5.75 Å². The van der Waals surface area contributed by atoms with Crippen LogP contribution in [0.2, 0.25) is 0 Å². The lowest BCUT2D eigenvalue weighted by molar-refractivity contribution is 0.0505. The first-order valence-electron chi connectivity index (χ1n) is 11.5. The van der Waals surface area contributed by atoms with Gasteiger partial charge in [-0.15, -0.1) is 5.10 Å². The van der Waals surface area contributed by atoms with Crippen LogP contribution in [-0.4, -0.2) is 80.3 Å². The Balaban J connectivity index is 1.35. The molecule has 2 fully saturated rings. The lowest BCUT2D eigenvalue weighted by atomic mass is 10.1. The fraction of sp³-hybridized carbons (Fsp3) is 0.292. The number of phenols is 1. The zero-order valence-electron chi connectivity index (χ0n) is 18.9. The number of para-hydroxylation sites is 1. The monoisotopic (exact) mass is 472 g/mol. The minimum Gasteiger partial charge on any atom is -0.508 e. The molecule has 0 spiro atoms. The van der Waals surface area contributed by atoms with Gasteiger partial charge in [-0.3, -0.25) is 4.79 Å². The first kappa shape index (κ1) is 21.3. The largest absolute Gasteiger partial charge is 0.508 e. The summed E-state index contributed by atoms with van der Waals surface area (Å²) in [6.07, 6.45) is 0. The van der Waals surface area contributed by atoms with Crippen LogP contribution in [0.25, 0.3) is 22.6 Å². The Hall–Kier alpha value is -4.25. The number of nitrogens with zero attached hydrogens (tertiary/aromatic N) is 7. The Morgan fingerprint density at radius 2 is 1.86 bits per heavy atom. The molecule has 1 amide bonds. The third-order valence-corrected chi connectivity index (χ3v) is 6.41. The molecule has 0 bridgehead atoms. The number of benzene rings is 2. The Labute approximate surface area is 200 Å². The molecule has 2 aliphatic rings. The van der Waals surface area contributed by atoms with E-state index in [2.05, 4.69) is 15.2 Å². The summed E-state index contributed by atoms with van der Waals surface area (Å²) in [5.41, 5.74) is 8.84. The number of likely N-dealkylation sites (tertiary alicyclic amines) is 1. The smallest absolute Gasteiger partial charge is 0.256 e. The Bertz CT molecular complexity index is 1410. The van der Waals surface area contributed by atoms with E-state index in [1.165, 1.54) is 0 Å². The average molecular weight is 473 g/mol. The zero-order chi connectivity index (χ0) is 23.9. The van der Waals surface area contributed by atoms with E-state index < -0.39 is 0 Å². The molecule has 2 saturated heterocycles. The Kier molecular flexibility index (Phi) is 5.18. The van der Waals surface area contributed by atoms with Crippen LogP contribution in [0.1, 0.15) is 16.4 Å². The second kappa shape index (κ2) is 8.51. The van der Waals surface area contributed by atoms with Crippen molar-refractivity contribution in [2.75, 3.05) is 50.0 Å². The number of fused-ring (bicyclic) bond motifs is 1. The highest BCUT2D eigenvalue weighted by Crippen LogP contribution is 2.32. The Morgan fingerprint density at radius 1 is 1.06 bits per heavy atom. The van der Waals surface area contributed by atoms with E-state index in [1.54, 1.807) is 46.0 Å².